The zero-order valence-electron chi connectivity index (χ0n) is 8.26. The van der Waals surface area contributed by atoms with Gasteiger partial charge in [0.25, 0.3) is 10.0 Å². The Labute approximate surface area is 95.8 Å². The summed E-state index contributed by atoms with van der Waals surface area (Å²) in [4.78, 5) is 3.91. The number of nitrogens with one attached hydrogen (secondary N) is 2. The number of thiazole rings is 1. The van der Waals surface area contributed by atoms with E-state index in [0.717, 1.165) is 11.9 Å². The average molecular weight is 259 g/mol. The van der Waals surface area contributed by atoms with Gasteiger partial charge in [-0.25, -0.2) is 13.4 Å². The normalized spacial score (nSPS) is 11.6. The molecule has 4 N–H and O–H groups in total. The third-order valence-electron chi connectivity index (χ3n) is 1.76. The van der Waals surface area contributed by atoms with Gasteiger partial charge < -0.3 is 5.73 Å². The smallest absolute Gasteiger partial charge is 0.268 e. The predicted molar refractivity (Wildman–Crippen MR) is 60.7 cm³/mol. The van der Waals surface area contributed by atoms with Crippen molar-refractivity contribution in [3.8, 4) is 0 Å². The summed E-state index contributed by atoms with van der Waals surface area (Å²) in [7, 11) is -3.71. The number of rotatable bonds is 3. The molecular formula is C7H9N5O2S2. The molecule has 0 aromatic carbocycles. The fourth-order valence-electron chi connectivity index (χ4n) is 1.07. The first kappa shape index (κ1) is 10.9. The highest BCUT2D eigenvalue weighted by atomic mass is 32.2. The number of nitrogens with zero attached hydrogens (tertiary/aromatic N) is 2. The van der Waals surface area contributed by atoms with E-state index in [0.29, 0.717) is 5.13 Å². The Morgan fingerprint density at radius 2 is 2.31 bits per heavy atom. The molecule has 86 valence electrons. The Morgan fingerprint density at radius 1 is 1.56 bits per heavy atom. The molecule has 16 heavy (non-hydrogen) atoms. The second-order valence-electron chi connectivity index (χ2n) is 3.05. The summed E-state index contributed by atoms with van der Waals surface area (Å²) in [5.41, 5.74) is 6.18. The minimum Gasteiger partial charge on any atom is -0.383 e. The largest absolute Gasteiger partial charge is 0.383 e. The maximum Gasteiger partial charge on any atom is 0.268 e. The summed E-state index contributed by atoms with van der Waals surface area (Å²) in [5.74, 6) is 0.000720. The van der Waals surface area contributed by atoms with E-state index >= 15 is 0 Å². The molecule has 0 atom stereocenters. The van der Waals surface area contributed by atoms with Crippen molar-refractivity contribution in [2.45, 2.75) is 11.8 Å². The molecule has 2 rings (SSSR count). The molecule has 0 amide bonds. The summed E-state index contributed by atoms with van der Waals surface area (Å²) >= 11 is 1.21. The number of anilines is 2. The van der Waals surface area contributed by atoms with Crippen molar-refractivity contribution in [1.82, 2.24) is 15.2 Å². The number of sulfonamides is 1. The fourth-order valence-corrected chi connectivity index (χ4v) is 3.04. The predicted octanol–water partition coefficient (Wildman–Crippen LogP) is 0.558. The molecule has 0 saturated carbocycles. The monoisotopic (exact) mass is 259 g/mol. The first-order chi connectivity index (χ1) is 7.49. The lowest BCUT2D eigenvalue weighted by atomic mass is 10.6. The van der Waals surface area contributed by atoms with Crippen LogP contribution in [-0.4, -0.2) is 23.6 Å². The third kappa shape index (κ3) is 1.99. The van der Waals surface area contributed by atoms with Crippen LogP contribution in [-0.2, 0) is 10.0 Å². The lowest BCUT2D eigenvalue weighted by Gasteiger charge is -2.02. The highest BCUT2D eigenvalue weighted by Crippen LogP contribution is 2.21. The molecule has 2 aromatic rings. The van der Waals surface area contributed by atoms with Gasteiger partial charge >= 0.3 is 0 Å². The Hall–Kier alpha value is -1.61. The van der Waals surface area contributed by atoms with Gasteiger partial charge in [0, 0.05) is 5.38 Å². The van der Waals surface area contributed by atoms with E-state index in [1.165, 1.54) is 11.3 Å². The molecule has 2 heterocycles. The maximum absolute atomic E-state index is 11.8. The molecule has 0 aliphatic heterocycles. The minimum absolute atomic E-state index is 0.000720. The van der Waals surface area contributed by atoms with Gasteiger partial charge in [0.15, 0.2) is 5.13 Å². The number of nitrogens with two attached hydrogens (primary N) is 1. The zero-order chi connectivity index (χ0) is 11.8. The second kappa shape index (κ2) is 3.76. The second-order valence-corrected chi connectivity index (χ2v) is 5.56. The number of H-pyrrole nitrogens is 1. The van der Waals surface area contributed by atoms with Crippen LogP contribution in [0.5, 0.6) is 0 Å². The fraction of sp³-hybridized carbons (Fsp3) is 0.143. The van der Waals surface area contributed by atoms with Crippen molar-refractivity contribution in [3.05, 3.63) is 17.3 Å². The van der Waals surface area contributed by atoms with E-state index in [4.69, 9.17) is 5.73 Å². The van der Waals surface area contributed by atoms with Gasteiger partial charge in [-0.05, 0) is 6.92 Å². The standard InChI is InChI=1S/C7H9N5O2S2/c1-4-3-15-7(10-4)12-16(13,14)5-2-9-11-6(5)8/h2-3H,1H3,(H,10,12)(H3,8,9,11). The summed E-state index contributed by atoms with van der Waals surface area (Å²) in [5, 5.41) is 7.96. The Balaban J connectivity index is 2.31. The highest BCUT2D eigenvalue weighted by molar-refractivity contribution is 7.93. The number of aromatic nitrogens is 3. The van der Waals surface area contributed by atoms with E-state index in [9.17, 15) is 8.42 Å². The van der Waals surface area contributed by atoms with Gasteiger partial charge in [-0.3, -0.25) is 9.82 Å². The van der Waals surface area contributed by atoms with Crippen LogP contribution in [0.15, 0.2) is 16.5 Å². The number of hydrogen-bond donors (Lipinski definition) is 3. The molecule has 0 unspecified atom stereocenters. The van der Waals surface area contributed by atoms with Crippen molar-refractivity contribution in [2.75, 3.05) is 10.5 Å². The number of hydrogen-bond acceptors (Lipinski definition) is 6. The van der Waals surface area contributed by atoms with Gasteiger partial charge in [-0.2, -0.15) is 5.10 Å². The van der Waals surface area contributed by atoms with Crippen LogP contribution in [0, 0.1) is 6.92 Å². The van der Waals surface area contributed by atoms with Crippen molar-refractivity contribution < 1.29 is 8.42 Å². The van der Waals surface area contributed by atoms with Crippen molar-refractivity contribution >= 4 is 32.3 Å². The average Bonchev–Trinajstić information content (AvgIpc) is 2.74. The molecule has 0 spiro atoms. The number of nitrogen functional groups attached to an aromatic ring is 1. The van der Waals surface area contributed by atoms with E-state index < -0.39 is 10.0 Å². The maximum atomic E-state index is 11.8. The summed E-state index contributed by atoms with van der Waals surface area (Å²) in [6, 6.07) is 0. The summed E-state index contributed by atoms with van der Waals surface area (Å²) in [6.45, 7) is 1.78. The molecule has 0 fully saturated rings. The van der Waals surface area contributed by atoms with Crippen LogP contribution >= 0.6 is 11.3 Å². The van der Waals surface area contributed by atoms with Gasteiger partial charge in [-0.15, -0.1) is 11.3 Å². The van der Waals surface area contributed by atoms with E-state index in [2.05, 4.69) is 19.9 Å². The van der Waals surface area contributed by atoms with Crippen LogP contribution in [0.2, 0.25) is 0 Å². The van der Waals surface area contributed by atoms with E-state index in [1.807, 2.05) is 0 Å². The van der Waals surface area contributed by atoms with Crippen LogP contribution in [0.25, 0.3) is 0 Å². The summed E-state index contributed by atoms with van der Waals surface area (Å²) < 4.78 is 25.9. The first-order valence-electron chi connectivity index (χ1n) is 4.23. The molecule has 0 bridgehead atoms. The molecule has 2 aromatic heterocycles. The molecule has 9 heteroatoms. The number of aromatic amines is 1. The SMILES string of the molecule is Cc1csc(NS(=O)(=O)c2cn[nH]c2N)n1. The topological polar surface area (TPSA) is 114 Å². The molecular weight excluding hydrogens is 250 g/mol. The first-order valence-corrected chi connectivity index (χ1v) is 6.59. The van der Waals surface area contributed by atoms with Crippen LogP contribution in [0.4, 0.5) is 10.9 Å². The van der Waals surface area contributed by atoms with Crippen LogP contribution < -0.4 is 10.5 Å². The van der Waals surface area contributed by atoms with Gasteiger partial charge in [-0.1, -0.05) is 0 Å². The van der Waals surface area contributed by atoms with Crippen LogP contribution in [0.3, 0.4) is 0 Å². The van der Waals surface area contributed by atoms with Crippen molar-refractivity contribution in [2.24, 2.45) is 0 Å². The zero-order valence-corrected chi connectivity index (χ0v) is 9.89. The van der Waals surface area contributed by atoms with E-state index in [-0.39, 0.29) is 10.7 Å². The summed E-state index contributed by atoms with van der Waals surface area (Å²) in [6.07, 6.45) is 1.15. The number of aryl methyl sites for hydroxylation is 1. The lowest BCUT2D eigenvalue weighted by Crippen LogP contribution is -2.13. The molecule has 7 nitrogen and oxygen atoms in total. The van der Waals surface area contributed by atoms with Gasteiger partial charge in [0.2, 0.25) is 0 Å². The van der Waals surface area contributed by atoms with Gasteiger partial charge in [0.1, 0.15) is 10.7 Å². The Morgan fingerprint density at radius 3 is 2.81 bits per heavy atom. The van der Waals surface area contributed by atoms with E-state index in [1.54, 1.807) is 12.3 Å². The Kier molecular flexibility index (Phi) is 2.56. The van der Waals surface area contributed by atoms with Crippen molar-refractivity contribution in [1.29, 1.82) is 0 Å². The van der Waals surface area contributed by atoms with Gasteiger partial charge in [0.05, 0.1) is 11.9 Å². The molecule has 0 aliphatic rings. The van der Waals surface area contributed by atoms with Crippen molar-refractivity contribution in [3.63, 3.8) is 0 Å². The van der Waals surface area contributed by atoms with Crippen LogP contribution in [0.1, 0.15) is 5.69 Å². The lowest BCUT2D eigenvalue weighted by molar-refractivity contribution is 0.601. The molecule has 0 radical (unpaired) electrons. The third-order valence-corrected chi connectivity index (χ3v) is 4.13. The highest BCUT2D eigenvalue weighted by Gasteiger charge is 2.20. The Bertz CT molecular complexity index is 600. The molecule has 0 saturated heterocycles. The minimum atomic E-state index is -3.71. The quantitative estimate of drug-likeness (QED) is 0.745. The molecule has 0 aliphatic carbocycles.